The summed E-state index contributed by atoms with van der Waals surface area (Å²) in [5.74, 6) is 1.24. The van der Waals surface area contributed by atoms with Crippen molar-refractivity contribution < 1.29 is 19.1 Å². The van der Waals surface area contributed by atoms with E-state index in [1.54, 1.807) is 24.5 Å². The summed E-state index contributed by atoms with van der Waals surface area (Å²) in [5, 5.41) is 12.4. The summed E-state index contributed by atoms with van der Waals surface area (Å²) in [4.78, 5) is 30.7. The van der Waals surface area contributed by atoms with Crippen LogP contribution >= 0.6 is 11.3 Å². The number of hydrogen-bond donors (Lipinski definition) is 2. The molecule has 1 amide bonds. The molecule has 0 saturated carbocycles. The SMILES string of the molecule is CC(=O)N1CCC(n2cc(-c3cnc(N)c4oc(-c5cccc6ncsc56)cc34)cn2)CC1.O=CO. The third-order valence-electron chi connectivity index (χ3n) is 6.41. The van der Waals surface area contributed by atoms with Crippen molar-refractivity contribution in [3.05, 3.63) is 48.4 Å². The van der Waals surface area contributed by atoms with Gasteiger partial charge in [-0.05, 0) is 31.0 Å². The van der Waals surface area contributed by atoms with E-state index in [0.717, 1.165) is 64.0 Å². The van der Waals surface area contributed by atoms with Crippen LogP contribution in [0.2, 0.25) is 0 Å². The molecule has 1 fully saturated rings. The average Bonchev–Trinajstić information content (AvgIpc) is 3.64. The summed E-state index contributed by atoms with van der Waals surface area (Å²) >= 11 is 1.59. The first-order valence-electron chi connectivity index (χ1n) is 11.4. The van der Waals surface area contributed by atoms with Gasteiger partial charge in [0, 0.05) is 54.5 Å². The molecular formula is C25H24N6O4S. The van der Waals surface area contributed by atoms with Crippen LogP contribution in [-0.2, 0) is 9.59 Å². The molecule has 6 rings (SSSR count). The minimum atomic E-state index is -0.250. The van der Waals surface area contributed by atoms with Crippen molar-refractivity contribution >= 4 is 50.7 Å². The van der Waals surface area contributed by atoms with Gasteiger partial charge in [0.15, 0.2) is 11.4 Å². The molecular weight excluding hydrogens is 480 g/mol. The Kier molecular flexibility index (Phi) is 6.38. The Bertz CT molecular complexity index is 1550. The normalized spacial score (nSPS) is 14.1. The highest BCUT2D eigenvalue weighted by atomic mass is 32.1. The van der Waals surface area contributed by atoms with Gasteiger partial charge >= 0.3 is 0 Å². The van der Waals surface area contributed by atoms with Gasteiger partial charge in [0.2, 0.25) is 5.91 Å². The van der Waals surface area contributed by atoms with Crippen LogP contribution in [0.4, 0.5) is 5.82 Å². The Labute approximate surface area is 210 Å². The number of carbonyl (C=O) groups is 2. The molecule has 184 valence electrons. The molecule has 0 unspecified atom stereocenters. The number of pyridine rings is 1. The Morgan fingerprint density at radius 3 is 2.75 bits per heavy atom. The van der Waals surface area contributed by atoms with E-state index in [4.69, 9.17) is 20.1 Å². The number of thiazole rings is 1. The van der Waals surface area contributed by atoms with Gasteiger partial charge in [-0.25, -0.2) is 9.97 Å². The topological polar surface area (TPSA) is 140 Å². The second-order valence-corrected chi connectivity index (χ2v) is 9.32. The lowest BCUT2D eigenvalue weighted by Gasteiger charge is -2.31. The third kappa shape index (κ3) is 4.29. The van der Waals surface area contributed by atoms with E-state index < -0.39 is 0 Å². The minimum Gasteiger partial charge on any atom is -0.483 e. The van der Waals surface area contributed by atoms with Gasteiger partial charge in [-0.1, -0.05) is 6.07 Å². The summed E-state index contributed by atoms with van der Waals surface area (Å²) in [6.07, 6.45) is 7.48. The Morgan fingerprint density at radius 1 is 1.22 bits per heavy atom. The maximum Gasteiger partial charge on any atom is 0.290 e. The Balaban J connectivity index is 0.000000848. The fourth-order valence-corrected chi connectivity index (χ4v) is 5.42. The molecule has 1 aromatic carbocycles. The molecule has 0 aliphatic carbocycles. The molecule has 11 heteroatoms. The van der Waals surface area contributed by atoms with Gasteiger partial charge in [-0.15, -0.1) is 11.3 Å². The number of nitrogen functional groups attached to an aromatic ring is 1. The standard InChI is InChI=1S/C24H22N6O2S.CH2O2/c1-14(31)29-7-5-16(6-8-29)30-12-15(10-28-30)19-11-26-24(25)22-18(19)9-21(32-22)17-3-2-4-20-23(17)33-13-27-20;2-1-3/h2-4,9-13,16H,5-8H2,1H3,(H2,25,26);1H,(H,2,3). The second kappa shape index (κ2) is 9.78. The number of carbonyl (C=O) groups excluding carboxylic acids is 1. The molecule has 1 aliphatic rings. The first-order chi connectivity index (χ1) is 17.5. The number of nitrogens with zero attached hydrogens (tertiary/aromatic N) is 5. The van der Waals surface area contributed by atoms with Crippen LogP contribution in [0.5, 0.6) is 0 Å². The minimum absolute atomic E-state index is 0.134. The van der Waals surface area contributed by atoms with E-state index in [0.29, 0.717) is 11.4 Å². The number of carboxylic acid groups (broad SMARTS) is 1. The number of furan rings is 1. The quantitative estimate of drug-likeness (QED) is 0.344. The highest BCUT2D eigenvalue weighted by Crippen LogP contribution is 2.39. The Hall–Kier alpha value is -4.25. The smallest absolute Gasteiger partial charge is 0.290 e. The van der Waals surface area contributed by atoms with Gasteiger partial charge in [0.1, 0.15) is 5.76 Å². The summed E-state index contributed by atoms with van der Waals surface area (Å²) in [6.45, 7) is 2.90. The van der Waals surface area contributed by atoms with E-state index in [9.17, 15) is 4.79 Å². The lowest BCUT2D eigenvalue weighted by molar-refractivity contribution is -0.130. The van der Waals surface area contributed by atoms with Crippen LogP contribution in [0.1, 0.15) is 25.8 Å². The highest BCUT2D eigenvalue weighted by Gasteiger charge is 2.23. The number of likely N-dealkylation sites (tertiary alicyclic amines) is 1. The van der Waals surface area contributed by atoms with Crippen molar-refractivity contribution in [3.63, 3.8) is 0 Å². The maximum absolute atomic E-state index is 11.6. The number of benzene rings is 1. The average molecular weight is 505 g/mol. The zero-order chi connectivity index (χ0) is 25.2. The van der Waals surface area contributed by atoms with E-state index in [-0.39, 0.29) is 18.4 Å². The van der Waals surface area contributed by atoms with Gasteiger partial charge in [0.25, 0.3) is 6.47 Å². The first kappa shape index (κ1) is 23.5. The summed E-state index contributed by atoms with van der Waals surface area (Å²) in [7, 11) is 0. The summed E-state index contributed by atoms with van der Waals surface area (Å²) < 4.78 is 9.29. The van der Waals surface area contributed by atoms with Crippen LogP contribution in [0, 0.1) is 0 Å². The predicted molar refractivity (Wildman–Crippen MR) is 137 cm³/mol. The van der Waals surface area contributed by atoms with E-state index in [1.165, 1.54) is 0 Å². The van der Waals surface area contributed by atoms with Crippen molar-refractivity contribution in [2.45, 2.75) is 25.8 Å². The van der Waals surface area contributed by atoms with Crippen LogP contribution in [0.25, 0.3) is 43.6 Å². The lowest BCUT2D eigenvalue weighted by Crippen LogP contribution is -2.37. The van der Waals surface area contributed by atoms with E-state index >= 15 is 0 Å². The molecule has 0 spiro atoms. The number of rotatable bonds is 3. The molecule has 1 saturated heterocycles. The van der Waals surface area contributed by atoms with Crippen molar-refractivity contribution in [2.75, 3.05) is 18.8 Å². The van der Waals surface area contributed by atoms with Crippen molar-refractivity contribution in [1.29, 1.82) is 0 Å². The predicted octanol–water partition coefficient (Wildman–Crippen LogP) is 4.43. The zero-order valence-electron chi connectivity index (χ0n) is 19.5. The lowest BCUT2D eigenvalue weighted by atomic mass is 10.0. The number of hydrogen-bond acceptors (Lipinski definition) is 8. The largest absolute Gasteiger partial charge is 0.483 e. The van der Waals surface area contributed by atoms with Gasteiger partial charge in [0.05, 0.1) is 28.0 Å². The van der Waals surface area contributed by atoms with Crippen LogP contribution in [0.3, 0.4) is 0 Å². The molecule has 10 nitrogen and oxygen atoms in total. The molecule has 0 radical (unpaired) electrons. The van der Waals surface area contributed by atoms with E-state index in [1.807, 2.05) is 45.6 Å². The molecule has 5 heterocycles. The first-order valence-corrected chi connectivity index (χ1v) is 12.3. The molecule has 0 atom stereocenters. The highest BCUT2D eigenvalue weighted by molar-refractivity contribution is 7.17. The molecule has 4 aromatic heterocycles. The number of piperidine rings is 1. The maximum atomic E-state index is 11.6. The zero-order valence-corrected chi connectivity index (χ0v) is 20.3. The third-order valence-corrected chi connectivity index (χ3v) is 7.28. The van der Waals surface area contributed by atoms with Crippen molar-refractivity contribution in [1.82, 2.24) is 24.6 Å². The number of amides is 1. The fraction of sp³-hybridized carbons (Fsp3) is 0.240. The van der Waals surface area contributed by atoms with Crippen molar-refractivity contribution in [3.8, 4) is 22.5 Å². The van der Waals surface area contributed by atoms with Gasteiger partial charge in [-0.3, -0.25) is 14.3 Å². The number of aromatic nitrogens is 4. The van der Waals surface area contributed by atoms with Crippen LogP contribution in [-0.4, -0.2) is 55.2 Å². The van der Waals surface area contributed by atoms with Crippen LogP contribution in [0.15, 0.2) is 52.8 Å². The van der Waals surface area contributed by atoms with E-state index in [2.05, 4.69) is 21.3 Å². The second-order valence-electron chi connectivity index (χ2n) is 8.47. The molecule has 0 bridgehead atoms. The number of anilines is 1. The van der Waals surface area contributed by atoms with Crippen molar-refractivity contribution in [2.24, 2.45) is 0 Å². The monoisotopic (exact) mass is 504 g/mol. The van der Waals surface area contributed by atoms with Gasteiger partial charge in [-0.2, -0.15) is 5.10 Å². The Morgan fingerprint density at radius 2 is 2.00 bits per heavy atom. The number of fused-ring (bicyclic) bond motifs is 2. The molecule has 5 aromatic rings. The molecule has 3 N–H and O–H groups in total. The summed E-state index contributed by atoms with van der Waals surface area (Å²) in [5.41, 5.74) is 12.4. The molecule has 36 heavy (non-hydrogen) atoms. The summed E-state index contributed by atoms with van der Waals surface area (Å²) in [6, 6.07) is 8.31. The number of nitrogens with two attached hydrogens (primary N) is 1. The van der Waals surface area contributed by atoms with Crippen LogP contribution < -0.4 is 5.73 Å². The molecule has 1 aliphatic heterocycles. The van der Waals surface area contributed by atoms with Gasteiger partial charge < -0.3 is 20.2 Å². The fourth-order valence-electron chi connectivity index (χ4n) is 4.61.